The van der Waals surface area contributed by atoms with E-state index in [1.54, 1.807) is 0 Å². The number of hydrogen-bond acceptors (Lipinski definition) is 8. The number of ether oxygens (including phenoxy) is 4. The highest BCUT2D eigenvalue weighted by molar-refractivity contribution is 6.96. The maximum atomic E-state index is 7.57. The minimum absolute atomic E-state index is 0.192. The Kier molecular flexibility index (Phi) is 17.7. The molecule has 0 aliphatic carbocycles. The first-order chi connectivity index (χ1) is 19.0. The fourth-order valence-corrected chi connectivity index (χ4v) is 30.6. The summed E-state index contributed by atoms with van der Waals surface area (Å²) in [5.74, 6) is 0. The smallest absolute Gasteiger partial charge is 0.350 e. The maximum absolute atomic E-state index is 7.57. The molecule has 1 aliphatic heterocycles. The van der Waals surface area contributed by atoms with Gasteiger partial charge in [-0.05, 0) is 77.6 Å². The second-order valence-corrected chi connectivity index (χ2v) is 27.0. The van der Waals surface area contributed by atoms with Crippen LogP contribution in [0.15, 0.2) is 0 Å². The zero-order valence-corrected chi connectivity index (χ0v) is 32.1. The fraction of sp³-hybridized carbons (Fsp3) is 1.00. The van der Waals surface area contributed by atoms with Crippen LogP contribution in [0.3, 0.4) is 0 Å². The summed E-state index contributed by atoms with van der Waals surface area (Å²) in [5.41, 5.74) is -0.767. The summed E-state index contributed by atoms with van der Waals surface area (Å²) in [6.45, 7) is 28.4. The molecule has 4 unspecified atom stereocenters. The first kappa shape index (κ1) is 38.6. The monoisotopic (exact) mass is 640 g/mol. The Morgan fingerprint density at radius 1 is 0.375 bits per heavy atom. The highest BCUT2D eigenvalue weighted by Crippen LogP contribution is 2.43. The zero-order chi connectivity index (χ0) is 30.5. The van der Waals surface area contributed by atoms with Crippen molar-refractivity contribution in [3.63, 3.8) is 0 Å². The van der Waals surface area contributed by atoms with Gasteiger partial charge in [0, 0.05) is 26.4 Å². The van der Waals surface area contributed by atoms with Gasteiger partial charge >= 0.3 is 34.2 Å². The van der Waals surface area contributed by atoms with Crippen molar-refractivity contribution in [3.05, 3.63) is 0 Å². The lowest BCUT2D eigenvalue weighted by atomic mass is 10.5. The summed E-state index contributed by atoms with van der Waals surface area (Å²) in [6.07, 6.45) is 3.73. The standard InChI is InChI=1S/C28H64O8Si4/c1-13-21-29-25(9)37(17-5)33-38(18-6,26(10)30-22-14-2)35-40(20-8,28(12)32-24-16-4)36-39(19-7,34-37)27(11)31-23-15-3/h25-28H,13-24H2,1-12H3. The average Bonchev–Trinajstić information content (AvgIpc) is 2.96. The van der Waals surface area contributed by atoms with Crippen LogP contribution >= 0.6 is 0 Å². The molecule has 4 atom stereocenters. The molecule has 0 aromatic heterocycles. The first-order valence-electron chi connectivity index (χ1n) is 16.3. The van der Waals surface area contributed by atoms with Crippen molar-refractivity contribution in [2.24, 2.45) is 0 Å². The Morgan fingerprint density at radius 2 is 0.550 bits per heavy atom. The molecule has 0 N–H and O–H groups in total. The molecule has 0 radical (unpaired) electrons. The van der Waals surface area contributed by atoms with Gasteiger partial charge in [-0.25, -0.2) is 0 Å². The molecule has 1 aliphatic rings. The van der Waals surface area contributed by atoms with Crippen LogP contribution in [0.2, 0.25) is 24.2 Å². The van der Waals surface area contributed by atoms with E-state index in [4.69, 9.17) is 35.4 Å². The summed E-state index contributed by atoms with van der Waals surface area (Å²) in [4.78, 5) is 0. The molecule has 0 spiro atoms. The minimum atomic E-state index is -3.06. The van der Waals surface area contributed by atoms with Crippen molar-refractivity contribution in [3.8, 4) is 0 Å². The molecule has 40 heavy (non-hydrogen) atoms. The quantitative estimate of drug-likeness (QED) is 0.128. The van der Waals surface area contributed by atoms with Crippen molar-refractivity contribution in [2.45, 2.75) is 156 Å². The van der Waals surface area contributed by atoms with Crippen LogP contribution in [0.4, 0.5) is 0 Å². The molecule has 12 heteroatoms. The molecule has 1 saturated heterocycles. The molecular weight excluding hydrogens is 577 g/mol. The Labute approximate surface area is 251 Å². The molecule has 0 bridgehead atoms. The SMILES string of the molecule is CCCOC(C)[Si]1(CC)O[Si](CC)(C(C)OCCC)O[Si](CC)(C(C)OCCC)O[Si](CC)(C(C)OCCC)O1. The van der Waals surface area contributed by atoms with Gasteiger partial charge in [-0.1, -0.05) is 55.4 Å². The third-order valence-electron chi connectivity index (χ3n) is 8.12. The molecule has 240 valence electrons. The Hall–Kier alpha value is 0.548. The van der Waals surface area contributed by atoms with Gasteiger partial charge in [-0.3, -0.25) is 0 Å². The summed E-state index contributed by atoms with van der Waals surface area (Å²) in [7, 11) is -12.2. The zero-order valence-electron chi connectivity index (χ0n) is 28.1. The summed E-state index contributed by atoms with van der Waals surface area (Å²) in [5, 5.41) is 0. The Bertz CT molecular complexity index is 569. The second kappa shape index (κ2) is 18.4. The third-order valence-corrected chi connectivity index (χ3v) is 28.7. The van der Waals surface area contributed by atoms with Crippen LogP contribution in [0.5, 0.6) is 0 Å². The maximum Gasteiger partial charge on any atom is 0.350 e. The molecule has 0 aromatic carbocycles. The summed E-state index contributed by atoms with van der Waals surface area (Å²) in [6, 6.07) is 2.94. The molecule has 8 nitrogen and oxygen atoms in total. The highest BCUT2D eigenvalue weighted by atomic mass is 28.5. The molecule has 1 rings (SSSR count). The van der Waals surface area contributed by atoms with Gasteiger partial charge < -0.3 is 35.4 Å². The highest BCUT2D eigenvalue weighted by Gasteiger charge is 2.67. The van der Waals surface area contributed by atoms with Gasteiger partial charge in [0.2, 0.25) is 0 Å². The Morgan fingerprint density at radius 3 is 0.675 bits per heavy atom. The average molecular weight is 641 g/mol. The normalized spacial score (nSPS) is 32.7. The van der Waals surface area contributed by atoms with Crippen LogP contribution in [0.1, 0.15) is 109 Å². The van der Waals surface area contributed by atoms with Gasteiger partial charge in [0.1, 0.15) is 0 Å². The first-order valence-corrected chi connectivity index (χ1v) is 24.7. The van der Waals surface area contributed by atoms with E-state index in [0.717, 1.165) is 49.9 Å². The van der Waals surface area contributed by atoms with Crippen LogP contribution < -0.4 is 0 Å². The van der Waals surface area contributed by atoms with Crippen molar-refractivity contribution in [1.29, 1.82) is 0 Å². The van der Waals surface area contributed by atoms with E-state index in [-0.39, 0.29) is 22.9 Å². The van der Waals surface area contributed by atoms with Crippen LogP contribution in [0.25, 0.3) is 0 Å². The molecule has 1 heterocycles. The van der Waals surface area contributed by atoms with E-state index in [1.807, 2.05) is 0 Å². The van der Waals surface area contributed by atoms with Gasteiger partial charge in [-0.2, -0.15) is 0 Å². The largest absolute Gasteiger partial charge is 0.412 e. The number of hydrogen-bond donors (Lipinski definition) is 0. The van der Waals surface area contributed by atoms with E-state index >= 15 is 0 Å². The van der Waals surface area contributed by atoms with E-state index in [9.17, 15) is 0 Å². The van der Waals surface area contributed by atoms with Gasteiger partial charge in [0.25, 0.3) is 0 Å². The van der Waals surface area contributed by atoms with E-state index in [1.165, 1.54) is 0 Å². The van der Waals surface area contributed by atoms with Gasteiger partial charge in [0.15, 0.2) is 0 Å². The summed E-state index contributed by atoms with van der Waals surface area (Å²) < 4.78 is 56.1. The van der Waals surface area contributed by atoms with E-state index < -0.39 is 34.2 Å². The van der Waals surface area contributed by atoms with Crippen LogP contribution in [-0.4, -0.2) is 83.6 Å². The molecule has 0 amide bonds. The Balaban J connectivity index is 3.96. The lowest BCUT2D eigenvalue weighted by molar-refractivity contribution is 0.0282. The van der Waals surface area contributed by atoms with E-state index in [0.29, 0.717) is 26.4 Å². The van der Waals surface area contributed by atoms with Gasteiger partial charge in [0.05, 0.1) is 22.9 Å². The fourth-order valence-electron chi connectivity index (χ4n) is 5.33. The van der Waals surface area contributed by atoms with E-state index in [2.05, 4.69) is 83.1 Å². The van der Waals surface area contributed by atoms with Gasteiger partial charge in [-0.15, -0.1) is 0 Å². The topological polar surface area (TPSA) is 73.8 Å². The second-order valence-electron chi connectivity index (χ2n) is 11.1. The van der Waals surface area contributed by atoms with Crippen LogP contribution in [0, 0.1) is 0 Å². The van der Waals surface area contributed by atoms with Crippen LogP contribution in [-0.2, 0) is 35.4 Å². The predicted octanol–water partition coefficient (Wildman–Crippen LogP) is 7.33. The van der Waals surface area contributed by atoms with Crippen molar-refractivity contribution < 1.29 is 35.4 Å². The lowest BCUT2D eigenvalue weighted by Crippen LogP contribution is -2.78. The minimum Gasteiger partial charge on any atom is -0.412 e. The lowest BCUT2D eigenvalue weighted by Gasteiger charge is -2.56. The molecule has 1 fully saturated rings. The predicted molar refractivity (Wildman–Crippen MR) is 172 cm³/mol. The third kappa shape index (κ3) is 9.27. The molecular formula is C28H64O8Si4. The molecule has 0 saturated carbocycles. The van der Waals surface area contributed by atoms with Crippen molar-refractivity contribution >= 4 is 34.2 Å². The molecule has 0 aromatic rings. The summed E-state index contributed by atoms with van der Waals surface area (Å²) >= 11 is 0. The number of rotatable bonds is 20. The van der Waals surface area contributed by atoms with Crippen molar-refractivity contribution in [2.75, 3.05) is 26.4 Å². The van der Waals surface area contributed by atoms with Crippen molar-refractivity contribution in [1.82, 2.24) is 0 Å².